The first kappa shape index (κ1) is 21.9. The molecule has 2 aromatic rings. The normalized spacial score (nSPS) is 26.0. The lowest BCUT2D eigenvalue weighted by Gasteiger charge is -2.49. The van der Waals surface area contributed by atoms with E-state index in [0.717, 1.165) is 12.0 Å². The van der Waals surface area contributed by atoms with Crippen LogP contribution in [0.2, 0.25) is 0 Å². The standard InChI is InChI=1S/C23H27N5O4/c1-23(21-30-10-5-11-31-21)20(29)19(17-12-16(25)8-9-18(17)32-23)28(14-24)22(26)27-13-15-6-3-2-4-7-15/h2-4,6-9,12,19-21,29H,5,10-11,13,25H2,1H3,(H2,26,27). The van der Waals surface area contributed by atoms with Gasteiger partial charge in [0.2, 0.25) is 5.96 Å². The fourth-order valence-corrected chi connectivity index (χ4v) is 4.05. The Bertz CT molecular complexity index is 1020. The molecule has 0 radical (unpaired) electrons. The molecule has 0 amide bonds. The number of aliphatic hydroxyl groups is 1. The molecular weight excluding hydrogens is 410 g/mol. The second-order valence-corrected chi connectivity index (χ2v) is 8.03. The van der Waals surface area contributed by atoms with E-state index >= 15 is 0 Å². The summed E-state index contributed by atoms with van der Waals surface area (Å²) in [6.45, 7) is 2.96. The summed E-state index contributed by atoms with van der Waals surface area (Å²) in [4.78, 5) is 5.57. The summed E-state index contributed by atoms with van der Waals surface area (Å²) in [5, 5.41) is 21.5. The number of ether oxygens (including phenoxy) is 3. The number of benzene rings is 2. The van der Waals surface area contributed by atoms with E-state index in [0.29, 0.717) is 36.8 Å². The lowest BCUT2D eigenvalue weighted by Crippen LogP contribution is -2.63. The maximum atomic E-state index is 11.5. The molecule has 1 saturated heterocycles. The number of nitrogen functional groups attached to an aromatic ring is 1. The van der Waals surface area contributed by atoms with Gasteiger partial charge < -0.3 is 30.8 Å². The number of rotatable bonds is 4. The molecule has 2 aliphatic rings. The Morgan fingerprint density at radius 2 is 1.97 bits per heavy atom. The summed E-state index contributed by atoms with van der Waals surface area (Å²) in [5.41, 5.74) is 12.9. The SMILES string of the molecule is CC1(C2OCCCO2)Oc2ccc(N)cc2C(N(C#N)C(N)=NCc2ccccc2)C1O. The summed E-state index contributed by atoms with van der Waals surface area (Å²) in [5.74, 6) is 0.439. The number of nitrogens with zero attached hydrogens (tertiary/aromatic N) is 3. The molecule has 32 heavy (non-hydrogen) atoms. The quantitative estimate of drug-likeness (QED) is 0.217. The van der Waals surface area contributed by atoms with E-state index in [2.05, 4.69) is 11.2 Å². The van der Waals surface area contributed by atoms with Crippen molar-refractivity contribution in [1.29, 1.82) is 5.26 Å². The highest BCUT2D eigenvalue weighted by atomic mass is 16.7. The van der Waals surface area contributed by atoms with Crippen molar-refractivity contribution in [3.05, 3.63) is 59.7 Å². The van der Waals surface area contributed by atoms with Crippen molar-refractivity contribution < 1.29 is 19.3 Å². The predicted octanol–water partition coefficient (Wildman–Crippen LogP) is 1.88. The second-order valence-electron chi connectivity index (χ2n) is 8.03. The van der Waals surface area contributed by atoms with Gasteiger partial charge in [-0.25, -0.2) is 9.89 Å². The van der Waals surface area contributed by atoms with Crippen LogP contribution in [0.3, 0.4) is 0 Å². The number of hydrogen-bond donors (Lipinski definition) is 3. The van der Waals surface area contributed by atoms with E-state index < -0.39 is 24.0 Å². The molecule has 9 heteroatoms. The third-order valence-corrected chi connectivity index (χ3v) is 5.76. The highest BCUT2D eigenvalue weighted by Crippen LogP contribution is 2.46. The third kappa shape index (κ3) is 4.08. The van der Waals surface area contributed by atoms with Gasteiger partial charge in [-0.3, -0.25) is 0 Å². The van der Waals surface area contributed by atoms with Gasteiger partial charge in [-0.2, -0.15) is 5.26 Å². The van der Waals surface area contributed by atoms with Crippen molar-refractivity contribution in [2.45, 2.75) is 43.9 Å². The fraction of sp³-hybridized carbons (Fsp3) is 0.391. The predicted molar refractivity (Wildman–Crippen MR) is 118 cm³/mol. The first-order valence-corrected chi connectivity index (χ1v) is 10.5. The van der Waals surface area contributed by atoms with Gasteiger partial charge in [-0.1, -0.05) is 30.3 Å². The van der Waals surface area contributed by atoms with E-state index in [4.69, 9.17) is 25.7 Å². The molecule has 0 spiro atoms. The molecule has 0 aliphatic carbocycles. The van der Waals surface area contributed by atoms with E-state index in [-0.39, 0.29) is 5.96 Å². The largest absolute Gasteiger partial charge is 0.479 e. The van der Waals surface area contributed by atoms with Crippen LogP contribution in [0.15, 0.2) is 53.5 Å². The van der Waals surface area contributed by atoms with Crippen LogP contribution in [0.4, 0.5) is 5.69 Å². The topological polar surface area (TPSA) is 139 Å². The van der Waals surface area contributed by atoms with Crippen LogP contribution >= 0.6 is 0 Å². The molecule has 0 aromatic heterocycles. The average molecular weight is 438 g/mol. The van der Waals surface area contributed by atoms with E-state index in [1.807, 2.05) is 30.3 Å². The maximum absolute atomic E-state index is 11.5. The molecule has 0 saturated carbocycles. The lowest BCUT2D eigenvalue weighted by atomic mass is 9.83. The highest BCUT2D eigenvalue weighted by Gasteiger charge is 2.55. The number of aliphatic hydroxyl groups excluding tert-OH is 1. The Kier molecular flexibility index (Phi) is 6.19. The molecule has 1 fully saturated rings. The number of fused-ring (bicyclic) bond motifs is 1. The first-order chi connectivity index (χ1) is 15.4. The Balaban J connectivity index is 1.72. The summed E-state index contributed by atoms with van der Waals surface area (Å²) in [7, 11) is 0. The van der Waals surface area contributed by atoms with Gasteiger partial charge >= 0.3 is 0 Å². The first-order valence-electron chi connectivity index (χ1n) is 10.5. The van der Waals surface area contributed by atoms with Crippen molar-refractivity contribution in [3.63, 3.8) is 0 Å². The molecule has 3 unspecified atom stereocenters. The maximum Gasteiger partial charge on any atom is 0.205 e. The van der Waals surface area contributed by atoms with Crippen LogP contribution < -0.4 is 16.2 Å². The van der Waals surface area contributed by atoms with Gasteiger partial charge in [0, 0.05) is 11.3 Å². The molecule has 3 atom stereocenters. The number of nitriles is 1. The minimum Gasteiger partial charge on any atom is -0.479 e. The Morgan fingerprint density at radius 1 is 1.25 bits per heavy atom. The average Bonchev–Trinajstić information content (AvgIpc) is 2.82. The van der Waals surface area contributed by atoms with Gasteiger partial charge in [0.05, 0.1) is 19.8 Å². The van der Waals surface area contributed by atoms with Crippen molar-refractivity contribution >= 4 is 11.6 Å². The Labute approximate surface area is 186 Å². The number of hydrogen-bond acceptors (Lipinski definition) is 7. The Morgan fingerprint density at radius 3 is 2.66 bits per heavy atom. The summed E-state index contributed by atoms with van der Waals surface area (Å²) in [6, 6.07) is 13.7. The molecule has 2 aromatic carbocycles. The van der Waals surface area contributed by atoms with E-state index in [9.17, 15) is 10.4 Å². The van der Waals surface area contributed by atoms with Gasteiger partial charge in [0.1, 0.15) is 17.9 Å². The lowest BCUT2D eigenvalue weighted by molar-refractivity contribution is -0.279. The highest BCUT2D eigenvalue weighted by molar-refractivity contribution is 5.80. The molecular formula is C23H27N5O4. The second kappa shape index (κ2) is 9.04. The molecule has 5 N–H and O–H groups in total. The number of anilines is 1. The van der Waals surface area contributed by atoms with Crippen LogP contribution in [0.25, 0.3) is 0 Å². The smallest absolute Gasteiger partial charge is 0.205 e. The molecule has 9 nitrogen and oxygen atoms in total. The summed E-state index contributed by atoms with van der Waals surface area (Å²) < 4.78 is 17.7. The molecule has 2 aliphatic heterocycles. The zero-order chi connectivity index (χ0) is 22.7. The van der Waals surface area contributed by atoms with Crippen LogP contribution in [0, 0.1) is 11.5 Å². The zero-order valence-corrected chi connectivity index (χ0v) is 17.8. The van der Waals surface area contributed by atoms with Gasteiger partial charge in [-0.05, 0) is 37.1 Å². The van der Waals surface area contributed by atoms with Crippen LogP contribution in [-0.2, 0) is 16.0 Å². The Hall–Kier alpha value is -3.32. The van der Waals surface area contributed by atoms with Crippen LogP contribution in [0.5, 0.6) is 5.75 Å². The van der Waals surface area contributed by atoms with E-state index in [1.165, 1.54) is 4.90 Å². The fourth-order valence-electron chi connectivity index (χ4n) is 4.05. The van der Waals surface area contributed by atoms with Gasteiger partial charge in [0.15, 0.2) is 18.1 Å². The zero-order valence-electron chi connectivity index (χ0n) is 17.8. The monoisotopic (exact) mass is 437 g/mol. The molecule has 2 heterocycles. The molecule has 168 valence electrons. The van der Waals surface area contributed by atoms with Gasteiger partial charge in [-0.15, -0.1) is 0 Å². The van der Waals surface area contributed by atoms with Crippen LogP contribution in [-0.4, -0.2) is 47.2 Å². The van der Waals surface area contributed by atoms with E-state index in [1.54, 1.807) is 25.1 Å². The number of guanidine groups is 1. The van der Waals surface area contributed by atoms with Crippen molar-refractivity contribution in [1.82, 2.24) is 4.90 Å². The van der Waals surface area contributed by atoms with Crippen molar-refractivity contribution in [2.75, 3.05) is 18.9 Å². The third-order valence-electron chi connectivity index (χ3n) is 5.76. The summed E-state index contributed by atoms with van der Waals surface area (Å²) >= 11 is 0. The van der Waals surface area contributed by atoms with Gasteiger partial charge in [0.25, 0.3) is 0 Å². The molecule has 4 rings (SSSR count). The molecule has 0 bridgehead atoms. The van der Waals surface area contributed by atoms with Crippen molar-refractivity contribution in [2.24, 2.45) is 10.7 Å². The minimum absolute atomic E-state index is 0.0245. The summed E-state index contributed by atoms with van der Waals surface area (Å²) in [6.07, 6.45) is 0.783. The number of aliphatic imine (C=N–C) groups is 1. The number of nitrogens with two attached hydrogens (primary N) is 2. The van der Waals surface area contributed by atoms with Crippen molar-refractivity contribution in [3.8, 4) is 11.9 Å². The van der Waals surface area contributed by atoms with Crippen LogP contribution in [0.1, 0.15) is 30.5 Å². The minimum atomic E-state index is -1.29.